The van der Waals surface area contributed by atoms with Crippen LogP contribution in [0.5, 0.6) is 11.5 Å². The van der Waals surface area contributed by atoms with E-state index in [1.54, 1.807) is 18.2 Å². The van der Waals surface area contributed by atoms with Gasteiger partial charge in [0.25, 0.3) is 0 Å². The third-order valence-electron chi connectivity index (χ3n) is 1.95. The number of aldehydes is 1. The van der Waals surface area contributed by atoms with E-state index in [4.69, 9.17) is 15.2 Å². The number of carbonyl (C=O) groups is 2. The summed E-state index contributed by atoms with van der Waals surface area (Å²) < 4.78 is 10.3. The first-order valence-electron chi connectivity index (χ1n) is 4.71. The number of carbonyl (C=O) groups excluding carboxylic acids is 2. The van der Waals surface area contributed by atoms with Crippen LogP contribution < -0.4 is 15.2 Å². The summed E-state index contributed by atoms with van der Waals surface area (Å²) in [6.45, 7) is 0.142. The Kier molecular flexibility index (Phi) is 4.32. The predicted octanol–water partition coefficient (Wildman–Crippen LogP) is 0.762. The first kappa shape index (κ1) is 12.0. The van der Waals surface area contributed by atoms with E-state index >= 15 is 0 Å². The van der Waals surface area contributed by atoms with Gasteiger partial charge < -0.3 is 15.2 Å². The monoisotopic (exact) mass is 223 g/mol. The van der Waals surface area contributed by atoms with Gasteiger partial charge in [0, 0.05) is 6.07 Å². The molecule has 0 aliphatic heterocycles. The molecule has 5 nitrogen and oxygen atoms in total. The summed E-state index contributed by atoms with van der Waals surface area (Å²) in [7, 11) is 1.52. The minimum Gasteiger partial charge on any atom is -0.497 e. The minimum atomic E-state index is -0.449. The first-order valence-corrected chi connectivity index (χ1v) is 4.71. The lowest BCUT2D eigenvalue weighted by atomic mass is 10.2. The lowest BCUT2D eigenvalue weighted by Gasteiger charge is -2.08. The number of hydrogen-bond donors (Lipinski definition) is 1. The van der Waals surface area contributed by atoms with Crippen molar-refractivity contribution in [2.24, 2.45) is 5.73 Å². The Morgan fingerprint density at radius 3 is 2.81 bits per heavy atom. The minimum absolute atomic E-state index is 0.107. The molecule has 5 heteroatoms. The van der Waals surface area contributed by atoms with Crippen LogP contribution in [-0.2, 0) is 4.79 Å². The van der Waals surface area contributed by atoms with Gasteiger partial charge in [-0.15, -0.1) is 0 Å². The molecule has 1 rings (SSSR count). The average Bonchev–Trinajstić information content (AvgIpc) is 2.28. The fraction of sp³-hybridized carbons (Fsp3) is 0.273. The molecule has 0 unspecified atom stereocenters. The topological polar surface area (TPSA) is 78.6 Å². The molecule has 2 N–H and O–H groups in total. The largest absolute Gasteiger partial charge is 0.497 e. The van der Waals surface area contributed by atoms with E-state index in [9.17, 15) is 9.59 Å². The molecule has 0 saturated heterocycles. The summed E-state index contributed by atoms with van der Waals surface area (Å²) in [4.78, 5) is 21.2. The van der Waals surface area contributed by atoms with E-state index in [0.717, 1.165) is 0 Å². The number of amides is 1. The highest BCUT2D eigenvalue weighted by Gasteiger charge is 2.05. The van der Waals surface area contributed by atoms with Gasteiger partial charge in [0.05, 0.1) is 25.7 Å². The van der Waals surface area contributed by atoms with E-state index in [-0.39, 0.29) is 13.0 Å². The van der Waals surface area contributed by atoms with E-state index in [2.05, 4.69) is 0 Å². The summed E-state index contributed by atoms with van der Waals surface area (Å²) in [6, 6.07) is 4.83. The number of methoxy groups -OCH3 is 1. The lowest BCUT2D eigenvalue weighted by Crippen LogP contribution is -2.14. The maximum absolute atomic E-state index is 10.7. The summed E-state index contributed by atoms with van der Waals surface area (Å²) in [5.74, 6) is 0.519. The van der Waals surface area contributed by atoms with Crippen LogP contribution in [0.1, 0.15) is 16.8 Å². The van der Waals surface area contributed by atoms with E-state index in [1.807, 2.05) is 0 Å². The van der Waals surface area contributed by atoms with Crippen LogP contribution in [0.15, 0.2) is 18.2 Å². The Hall–Kier alpha value is -2.04. The number of hydrogen-bond acceptors (Lipinski definition) is 4. The van der Waals surface area contributed by atoms with Crippen molar-refractivity contribution in [2.75, 3.05) is 13.7 Å². The fourth-order valence-electron chi connectivity index (χ4n) is 1.13. The van der Waals surface area contributed by atoms with Crippen LogP contribution in [0.2, 0.25) is 0 Å². The second kappa shape index (κ2) is 5.75. The third kappa shape index (κ3) is 3.27. The fourth-order valence-corrected chi connectivity index (χ4v) is 1.13. The molecule has 0 bridgehead atoms. The predicted molar refractivity (Wildman–Crippen MR) is 57.7 cm³/mol. The number of nitrogens with two attached hydrogens (primary N) is 1. The normalized spacial score (nSPS) is 9.56. The van der Waals surface area contributed by atoms with Crippen LogP contribution in [-0.4, -0.2) is 25.9 Å². The molecule has 0 fully saturated rings. The zero-order valence-electron chi connectivity index (χ0n) is 8.93. The Morgan fingerprint density at radius 2 is 2.25 bits per heavy atom. The summed E-state index contributed by atoms with van der Waals surface area (Å²) in [6.07, 6.45) is 0.786. The Bertz CT molecular complexity index is 390. The highest BCUT2D eigenvalue weighted by Crippen LogP contribution is 2.23. The molecule has 0 aromatic heterocycles. The Labute approximate surface area is 93.1 Å². The van der Waals surface area contributed by atoms with Gasteiger partial charge in [-0.2, -0.15) is 0 Å². The molecule has 0 radical (unpaired) electrons. The molecule has 0 spiro atoms. The van der Waals surface area contributed by atoms with E-state index in [1.165, 1.54) is 7.11 Å². The molecular weight excluding hydrogens is 210 g/mol. The van der Waals surface area contributed by atoms with Gasteiger partial charge >= 0.3 is 0 Å². The molecular formula is C11H13NO4. The molecule has 1 amide bonds. The second-order valence-electron chi connectivity index (χ2n) is 3.09. The zero-order chi connectivity index (χ0) is 12.0. The highest BCUT2D eigenvalue weighted by atomic mass is 16.5. The third-order valence-corrected chi connectivity index (χ3v) is 1.95. The van der Waals surface area contributed by atoms with Crippen molar-refractivity contribution in [1.82, 2.24) is 0 Å². The number of benzene rings is 1. The van der Waals surface area contributed by atoms with Crippen molar-refractivity contribution in [3.05, 3.63) is 23.8 Å². The van der Waals surface area contributed by atoms with Crippen molar-refractivity contribution >= 4 is 12.2 Å². The molecule has 1 aromatic carbocycles. The van der Waals surface area contributed by atoms with Gasteiger partial charge in [-0.1, -0.05) is 0 Å². The van der Waals surface area contributed by atoms with Crippen LogP contribution in [0.25, 0.3) is 0 Å². The Balaban J connectivity index is 2.75. The maximum atomic E-state index is 10.7. The number of ether oxygens (including phenoxy) is 2. The van der Waals surface area contributed by atoms with Crippen molar-refractivity contribution in [1.29, 1.82) is 0 Å². The summed E-state index contributed by atoms with van der Waals surface area (Å²) >= 11 is 0. The van der Waals surface area contributed by atoms with Gasteiger partial charge in [-0.05, 0) is 12.1 Å². The van der Waals surface area contributed by atoms with Crippen molar-refractivity contribution in [3.63, 3.8) is 0 Å². The van der Waals surface area contributed by atoms with Gasteiger partial charge in [0.15, 0.2) is 6.29 Å². The molecule has 86 valence electrons. The van der Waals surface area contributed by atoms with Gasteiger partial charge in [-0.3, -0.25) is 9.59 Å². The number of primary amides is 1. The first-order chi connectivity index (χ1) is 7.67. The number of rotatable bonds is 6. The molecule has 1 aromatic rings. The van der Waals surface area contributed by atoms with Crippen LogP contribution in [0.4, 0.5) is 0 Å². The smallest absolute Gasteiger partial charge is 0.220 e. The van der Waals surface area contributed by atoms with Gasteiger partial charge in [0.1, 0.15) is 11.5 Å². The van der Waals surface area contributed by atoms with Crippen molar-refractivity contribution in [2.45, 2.75) is 6.42 Å². The van der Waals surface area contributed by atoms with Crippen LogP contribution >= 0.6 is 0 Å². The average molecular weight is 223 g/mol. The second-order valence-corrected chi connectivity index (χ2v) is 3.09. The summed E-state index contributed by atoms with van der Waals surface area (Å²) in [5.41, 5.74) is 5.38. The van der Waals surface area contributed by atoms with Crippen molar-refractivity contribution in [3.8, 4) is 11.5 Å². The van der Waals surface area contributed by atoms with Gasteiger partial charge in [-0.25, -0.2) is 0 Å². The quantitative estimate of drug-likeness (QED) is 0.722. The Morgan fingerprint density at radius 1 is 1.50 bits per heavy atom. The molecule has 16 heavy (non-hydrogen) atoms. The SMILES string of the molecule is COc1ccc(C=O)c(OCCC(N)=O)c1. The van der Waals surface area contributed by atoms with E-state index < -0.39 is 5.91 Å². The molecule has 0 aliphatic carbocycles. The molecule has 0 atom stereocenters. The van der Waals surface area contributed by atoms with Crippen LogP contribution in [0, 0.1) is 0 Å². The lowest BCUT2D eigenvalue weighted by molar-refractivity contribution is -0.118. The standard InChI is InChI=1S/C11H13NO4/c1-15-9-3-2-8(7-13)10(6-9)16-5-4-11(12)14/h2-3,6-7H,4-5H2,1H3,(H2,12,14). The highest BCUT2D eigenvalue weighted by molar-refractivity contribution is 5.79. The van der Waals surface area contributed by atoms with E-state index in [0.29, 0.717) is 23.3 Å². The van der Waals surface area contributed by atoms with Crippen molar-refractivity contribution < 1.29 is 19.1 Å². The molecule has 0 aliphatic rings. The molecule has 0 heterocycles. The van der Waals surface area contributed by atoms with Crippen LogP contribution in [0.3, 0.4) is 0 Å². The summed E-state index contributed by atoms with van der Waals surface area (Å²) in [5, 5.41) is 0. The maximum Gasteiger partial charge on any atom is 0.220 e. The van der Waals surface area contributed by atoms with Gasteiger partial charge in [0.2, 0.25) is 5.91 Å². The molecule has 0 saturated carbocycles. The zero-order valence-corrected chi connectivity index (χ0v) is 8.93.